The summed E-state index contributed by atoms with van der Waals surface area (Å²) in [6.45, 7) is 3.87. The van der Waals surface area contributed by atoms with E-state index in [2.05, 4.69) is 10.6 Å². The molecule has 0 aromatic heterocycles. The minimum absolute atomic E-state index is 0.0518. The average Bonchev–Trinajstić information content (AvgIpc) is 3.22. The molecule has 1 fully saturated rings. The second-order valence-electron chi connectivity index (χ2n) is 8.75. The molecule has 0 bridgehead atoms. The third-order valence-electron chi connectivity index (χ3n) is 5.43. The molecule has 34 heavy (non-hydrogen) atoms. The summed E-state index contributed by atoms with van der Waals surface area (Å²) >= 11 is 0. The highest BCUT2D eigenvalue weighted by molar-refractivity contribution is 5.94. The summed E-state index contributed by atoms with van der Waals surface area (Å²) in [5.41, 5.74) is 5.81. The molecule has 1 saturated heterocycles. The van der Waals surface area contributed by atoms with Crippen molar-refractivity contribution in [2.75, 3.05) is 6.54 Å². The number of rotatable bonds is 14. The summed E-state index contributed by atoms with van der Waals surface area (Å²) in [5, 5.41) is 31.7. The zero-order valence-electron chi connectivity index (χ0n) is 19.4. The van der Waals surface area contributed by atoms with Gasteiger partial charge in [-0.1, -0.05) is 13.8 Å². The minimum Gasteiger partial charge on any atom is -0.481 e. The van der Waals surface area contributed by atoms with Crippen molar-refractivity contribution in [2.24, 2.45) is 11.7 Å². The lowest BCUT2D eigenvalue weighted by Gasteiger charge is -2.29. The van der Waals surface area contributed by atoms with Crippen LogP contribution in [0.5, 0.6) is 0 Å². The lowest BCUT2D eigenvalue weighted by atomic mass is 10.0. The summed E-state index contributed by atoms with van der Waals surface area (Å²) in [5.74, 6) is -5.67. The van der Waals surface area contributed by atoms with Gasteiger partial charge in [-0.05, 0) is 38.0 Å². The Morgan fingerprint density at radius 1 is 0.941 bits per heavy atom. The Bertz CT molecular complexity index is 786. The number of carbonyl (C=O) groups excluding carboxylic acids is 3. The normalized spacial score (nSPS) is 18.1. The first-order valence-corrected chi connectivity index (χ1v) is 11.2. The fourth-order valence-electron chi connectivity index (χ4n) is 3.69. The molecule has 4 atom stereocenters. The van der Waals surface area contributed by atoms with Crippen LogP contribution >= 0.6 is 0 Å². The van der Waals surface area contributed by atoms with Crippen LogP contribution < -0.4 is 16.4 Å². The van der Waals surface area contributed by atoms with Crippen molar-refractivity contribution in [3.8, 4) is 0 Å². The van der Waals surface area contributed by atoms with Gasteiger partial charge in [0.05, 0.1) is 6.04 Å². The highest BCUT2D eigenvalue weighted by Crippen LogP contribution is 2.20. The fourth-order valence-corrected chi connectivity index (χ4v) is 3.69. The quantitative estimate of drug-likeness (QED) is 0.178. The first-order valence-electron chi connectivity index (χ1n) is 11.2. The Kier molecular flexibility index (Phi) is 11.4. The predicted molar refractivity (Wildman–Crippen MR) is 117 cm³/mol. The Morgan fingerprint density at radius 3 is 2.06 bits per heavy atom. The molecule has 192 valence electrons. The van der Waals surface area contributed by atoms with Gasteiger partial charge in [0.1, 0.15) is 18.1 Å². The standard InChI is InChI=1S/C21H34N4O9/c1-11(2)10-14(18(30)23-13(21(33)34)6-8-17(28)29)24-19(31)15-4-3-9-25(15)20(32)12(22)5-7-16(26)27/h11-15H,3-10,22H2,1-2H3,(H,23,30)(H,24,31)(H,26,27)(H,28,29)(H,33,34). The zero-order chi connectivity index (χ0) is 26.0. The van der Waals surface area contributed by atoms with E-state index in [1.807, 2.05) is 0 Å². The van der Waals surface area contributed by atoms with E-state index in [0.717, 1.165) is 0 Å². The maximum atomic E-state index is 13.0. The molecule has 4 unspecified atom stereocenters. The van der Waals surface area contributed by atoms with Crippen molar-refractivity contribution in [2.45, 2.75) is 83.0 Å². The lowest BCUT2D eigenvalue weighted by molar-refractivity contribution is -0.144. The summed E-state index contributed by atoms with van der Waals surface area (Å²) in [6.07, 6.45) is -0.118. The van der Waals surface area contributed by atoms with Gasteiger partial charge < -0.3 is 36.6 Å². The van der Waals surface area contributed by atoms with Crippen molar-refractivity contribution >= 4 is 35.6 Å². The molecule has 7 N–H and O–H groups in total. The van der Waals surface area contributed by atoms with E-state index < -0.39 is 66.2 Å². The van der Waals surface area contributed by atoms with Gasteiger partial charge in [-0.15, -0.1) is 0 Å². The van der Waals surface area contributed by atoms with Crippen LogP contribution in [0.3, 0.4) is 0 Å². The van der Waals surface area contributed by atoms with Crippen LogP contribution in [-0.2, 0) is 28.8 Å². The number of nitrogens with two attached hydrogens (primary N) is 1. The first kappa shape index (κ1) is 28.8. The summed E-state index contributed by atoms with van der Waals surface area (Å²) in [4.78, 5) is 72.6. The predicted octanol–water partition coefficient (Wildman–Crippen LogP) is -0.865. The average molecular weight is 487 g/mol. The smallest absolute Gasteiger partial charge is 0.326 e. The molecular formula is C21H34N4O9. The van der Waals surface area contributed by atoms with E-state index in [0.29, 0.717) is 12.8 Å². The number of likely N-dealkylation sites (tertiary alicyclic amines) is 1. The molecule has 0 radical (unpaired) electrons. The van der Waals surface area contributed by atoms with Gasteiger partial charge in [0, 0.05) is 19.4 Å². The van der Waals surface area contributed by atoms with Crippen LogP contribution in [0.15, 0.2) is 0 Å². The molecule has 0 spiro atoms. The van der Waals surface area contributed by atoms with Gasteiger partial charge in [-0.3, -0.25) is 24.0 Å². The van der Waals surface area contributed by atoms with E-state index in [4.69, 9.17) is 15.9 Å². The van der Waals surface area contributed by atoms with Crippen LogP contribution in [0.25, 0.3) is 0 Å². The van der Waals surface area contributed by atoms with Crippen molar-refractivity contribution in [3.05, 3.63) is 0 Å². The number of aliphatic carboxylic acids is 3. The van der Waals surface area contributed by atoms with Gasteiger partial charge >= 0.3 is 17.9 Å². The number of nitrogens with zero attached hydrogens (tertiary/aromatic N) is 1. The van der Waals surface area contributed by atoms with E-state index in [9.17, 15) is 33.9 Å². The van der Waals surface area contributed by atoms with Gasteiger partial charge in [0.2, 0.25) is 17.7 Å². The van der Waals surface area contributed by atoms with E-state index in [-0.39, 0.29) is 38.1 Å². The highest BCUT2D eigenvalue weighted by atomic mass is 16.4. The minimum atomic E-state index is -1.44. The lowest BCUT2D eigenvalue weighted by Crippen LogP contribution is -2.56. The van der Waals surface area contributed by atoms with Gasteiger partial charge in [0.15, 0.2) is 0 Å². The maximum absolute atomic E-state index is 13.0. The number of carbonyl (C=O) groups is 6. The van der Waals surface area contributed by atoms with Crippen molar-refractivity contribution in [3.63, 3.8) is 0 Å². The van der Waals surface area contributed by atoms with Crippen molar-refractivity contribution in [1.29, 1.82) is 0 Å². The first-order chi connectivity index (χ1) is 15.8. The molecule has 1 rings (SSSR count). The van der Waals surface area contributed by atoms with Crippen LogP contribution in [0.2, 0.25) is 0 Å². The number of amides is 3. The summed E-state index contributed by atoms with van der Waals surface area (Å²) in [6, 6.07) is -4.51. The molecule has 0 aliphatic carbocycles. The summed E-state index contributed by atoms with van der Waals surface area (Å²) in [7, 11) is 0. The molecule has 3 amide bonds. The van der Waals surface area contributed by atoms with Crippen molar-refractivity contribution < 1.29 is 44.1 Å². The van der Waals surface area contributed by atoms with Crippen molar-refractivity contribution in [1.82, 2.24) is 15.5 Å². The third kappa shape index (κ3) is 9.33. The highest BCUT2D eigenvalue weighted by Gasteiger charge is 2.38. The Morgan fingerprint density at radius 2 is 1.53 bits per heavy atom. The van der Waals surface area contributed by atoms with Crippen LogP contribution in [-0.4, -0.2) is 86.6 Å². The number of nitrogens with one attached hydrogen (secondary N) is 2. The number of carboxylic acid groups (broad SMARTS) is 3. The third-order valence-corrected chi connectivity index (χ3v) is 5.43. The summed E-state index contributed by atoms with van der Waals surface area (Å²) < 4.78 is 0. The SMILES string of the molecule is CC(C)CC(NC(=O)C1CCCN1C(=O)C(N)CCC(=O)O)C(=O)NC(CCC(=O)O)C(=O)O. The van der Waals surface area contributed by atoms with E-state index >= 15 is 0 Å². The molecule has 0 aromatic carbocycles. The monoisotopic (exact) mass is 486 g/mol. The molecule has 0 saturated carbocycles. The van der Waals surface area contributed by atoms with Gasteiger partial charge in [-0.2, -0.15) is 0 Å². The Hall–Kier alpha value is -3.22. The van der Waals surface area contributed by atoms with E-state index in [1.54, 1.807) is 13.8 Å². The number of hydrogen-bond acceptors (Lipinski definition) is 7. The van der Waals surface area contributed by atoms with E-state index in [1.165, 1.54) is 4.90 Å². The maximum Gasteiger partial charge on any atom is 0.326 e. The van der Waals surface area contributed by atoms with Crippen LogP contribution in [0, 0.1) is 5.92 Å². The second-order valence-corrected chi connectivity index (χ2v) is 8.75. The number of hydrogen-bond donors (Lipinski definition) is 6. The largest absolute Gasteiger partial charge is 0.481 e. The molecule has 1 heterocycles. The molecule has 13 heteroatoms. The van der Waals surface area contributed by atoms with Gasteiger partial charge in [0.25, 0.3) is 0 Å². The zero-order valence-corrected chi connectivity index (χ0v) is 19.4. The second kappa shape index (κ2) is 13.5. The fraction of sp³-hybridized carbons (Fsp3) is 0.714. The molecule has 0 aromatic rings. The number of carboxylic acids is 3. The molecular weight excluding hydrogens is 452 g/mol. The van der Waals surface area contributed by atoms with Crippen LogP contribution in [0.4, 0.5) is 0 Å². The van der Waals surface area contributed by atoms with Crippen LogP contribution in [0.1, 0.15) is 58.8 Å². The molecule has 13 nitrogen and oxygen atoms in total. The Labute approximate surface area is 197 Å². The molecule has 1 aliphatic rings. The topological polar surface area (TPSA) is 216 Å². The Balaban J connectivity index is 2.89. The molecule has 1 aliphatic heterocycles. The van der Waals surface area contributed by atoms with Gasteiger partial charge in [-0.25, -0.2) is 4.79 Å².